The molecule has 0 aliphatic rings. The fraction of sp³-hybridized carbons (Fsp3) is 0.940. The van der Waals surface area contributed by atoms with Gasteiger partial charge < -0.3 is 19.4 Å². The Kier molecular flexibility index (Phi) is 57.0. The highest BCUT2D eigenvalue weighted by Gasteiger charge is 2.30. The maximum atomic E-state index is 13.6. The summed E-state index contributed by atoms with van der Waals surface area (Å²) in [5.41, 5.74) is 0. The number of phosphoric acid groups is 1. The molecule has 0 aromatic rings. The molecule has 0 fully saturated rings. The Morgan fingerprint density at radius 3 is 1.06 bits per heavy atom. The maximum absolute atomic E-state index is 13.6. The zero-order valence-electron chi connectivity index (χ0n) is 52.5. The van der Waals surface area contributed by atoms with Gasteiger partial charge in [-0.1, -0.05) is 322 Å². The first-order chi connectivity index (χ1) is 37.4. The SMILES string of the molecule is CCCCCCCCCCCCC/C=C/C(OC(=O)CCCCCCCCCCCCCCCCCCCCC)C(COP(=O)(O)OCC[N+](C)(C)C)NC(=O)CCCCCCCCCCCCCCCCCCCCC. The van der Waals surface area contributed by atoms with Crippen molar-refractivity contribution in [3.05, 3.63) is 12.2 Å². The van der Waals surface area contributed by atoms with Crippen molar-refractivity contribution in [1.29, 1.82) is 0 Å². The predicted octanol–water partition coefficient (Wildman–Crippen LogP) is 21.1. The van der Waals surface area contributed by atoms with Crippen molar-refractivity contribution in [2.75, 3.05) is 40.9 Å². The van der Waals surface area contributed by atoms with Crippen molar-refractivity contribution in [3.8, 4) is 0 Å². The third kappa shape index (κ3) is 59.2. The van der Waals surface area contributed by atoms with Gasteiger partial charge in [0.15, 0.2) is 0 Å². The molecule has 0 rings (SSSR count). The normalized spacial score (nSPS) is 13.6. The number of phosphoric ester groups is 1. The van der Waals surface area contributed by atoms with E-state index in [1.807, 2.05) is 27.2 Å². The fourth-order valence-electron chi connectivity index (χ4n) is 10.5. The topological polar surface area (TPSA) is 111 Å². The van der Waals surface area contributed by atoms with Crippen molar-refractivity contribution in [2.45, 2.75) is 367 Å². The molecule has 10 heteroatoms. The Balaban J connectivity index is 5.14. The van der Waals surface area contributed by atoms with Crippen LogP contribution < -0.4 is 5.32 Å². The summed E-state index contributed by atoms with van der Waals surface area (Å²) in [6, 6.07) is -0.840. The van der Waals surface area contributed by atoms with Gasteiger partial charge in [0.05, 0.1) is 33.8 Å². The molecule has 0 spiro atoms. The number of carbonyl (C=O) groups is 2. The molecule has 0 saturated heterocycles. The smallest absolute Gasteiger partial charge is 0.456 e. The van der Waals surface area contributed by atoms with E-state index in [1.54, 1.807) is 0 Å². The third-order valence-electron chi connectivity index (χ3n) is 15.7. The highest BCUT2D eigenvalue weighted by molar-refractivity contribution is 7.47. The number of likely N-dealkylation sites (N-methyl/N-ethyl adjacent to an activating group) is 1. The second-order valence-corrected chi connectivity index (χ2v) is 26.2. The molecule has 458 valence electrons. The summed E-state index contributed by atoms with van der Waals surface area (Å²) >= 11 is 0. The number of carbonyl (C=O) groups excluding carboxylic acids is 2. The van der Waals surface area contributed by atoms with E-state index >= 15 is 0 Å². The highest BCUT2D eigenvalue weighted by atomic mass is 31.2. The average Bonchev–Trinajstić information content (AvgIpc) is 3.39. The molecule has 0 aliphatic carbocycles. The van der Waals surface area contributed by atoms with E-state index in [4.69, 9.17) is 13.8 Å². The predicted molar refractivity (Wildman–Crippen MR) is 333 cm³/mol. The van der Waals surface area contributed by atoms with Gasteiger partial charge in [-0.05, 0) is 31.8 Å². The number of amides is 1. The summed E-state index contributed by atoms with van der Waals surface area (Å²) in [6.45, 7) is 7.09. The number of nitrogens with zero attached hydrogens (tertiary/aromatic N) is 1. The van der Waals surface area contributed by atoms with Gasteiger partial charge in [-0.25, -0.2) is 4.57 Å². The van der Waals surface area contributed by atoms with Crippen molar-refractivity contribution < 1.29 is 37.3 Å². The molecule has 0 aromatic carbocycles. The van der Waals surface area contributed by atoms with Crippen LogP contribution in [0.5, 0.6) is 0 Å². The lowest BCUT2D eigenvalue weighted by molar-refractivity contribution is -0.870. The van der Waals surface area contributed by atoms with Gasteiger partial charge in [-0.2, -0.15) is 0 Å². The molecule has 0 heterocycles. The van der Waals surface area contributed by atoms with E-state index in [2.05, 4.69) is 32.2 Å². The number of allylic oxidation sites excluding steroid dienone is 1. The summed E-state index contributed by atoms with van der Waals surface area (Å²) in [5.74, 6) is -0.478. The number of unbranched alkanes of at least 4 members (excludes halogenated alkanes) is 47. The van der Waals surface area contributed by atoms with Crippen molar-refractivity contribution >= 4 is 19.7 Å². The summed E-state index contributed by atoms with van der Waals surface area (Å²) in [4.78, 5) is 37.8. The van der Waals surface area contributed by atoms with Gasteiger partial charge in [-0.3, -0.25) is 18.6 Å². The number of quaternary nitrogens is 1. The van der Waals surface area contributed by atoms with E-state index in [0.29, 0.717) is 23.9 Å². The van der Waals surface area contributed by atoms with E-state index in [1.165, 1.54) is 263 Å². The van der Waals surface area contributed by atoms with Crippen LogP contribution in [0.25, 0.3) is 0 Å². The van der Waals surface area contributed by atoms with Crippen LogP contribution in [0.15, 0.2) is 12.2 Å². The minimum atomic E-state index is -4.44. The van der Waals surface area contributed by atoms with Crippen LogP contribution in [0.3, 0.4) is 0 Å². The van der Waals surface area contributed by atoms with Crippen LogP contribution >= 0.6 is 7.82 Å². The molecule has 2 N–H and O–H groups in total. The van der Waals surface area contributed by atoms with Crippen LogP contribution in [-0.2, 0) is 27.9 Å². The first-order valence-corrected chi connectivity index (χ1v) is 35.5. The lowest BCUT2D eigenvalue weighted by Gasteiger charge is -2.27. The highest BCUT2D eigenvalue weighted by Crippen LogP contribution is 2.43. The molecule has 9 nitrogen and oxygen atoms in total. The third-order valence-corrected chi connectivity index (χ3v) is 16.7. The molecule has 77 heavy (non-hydrogen) atoms. The Morgan fingerprint density at radius 2 is 0.740 bits per heavy atom. The van der Waals surface area contributed by atoms with Crippen LogP contribution in [0, 0.1) is 0 Å². The van der Waals surface area contributed by atoms with Crippen molar-refractivity contribution in [1.82, 2.24) is 5.32 Å². The van der Waals surface area contributed by atoms with E-state index < -0.39 is 20.0 Å². The molecular weight excluding hydrogens is 976 g/mol. The molecule has 0 saturated carbocycles. The number of rotatable bonds is 63. The quantitative estimate of drug-likeness (QED) is 0.0205. The summed E-state index contributed by atoms with van der Waals surface area (Å²) in [6.07, 6.45) is 67.8. The van der Waals surface area contributed by atoms with E-state index in [9.17, 15) is 19.0 Å². The van der Waals surface area contributed by atoms with Gasteiger partial charge in [0.1, 0.15) is 19.3 Å². The summed E-state index contributed by atoms with van der Waals surface area (Å²) in [5, 5.41) is 3.08. The Morgan fingerprint density at radius 1 is 0.442 bits per heavy atom. The molecule has 0 radical (unpaired) electrons. The first kappa shape index (κ1) is 75.8. The minimum Gasteiger partial charge on any atom is -0.456 e. The zero-order chi connectivity index (χ0) is 56.4. The number of hydrogen-bond donors (Lipinski definition) is 2. The second-order valence-electron chi connectivity index (χ2n) is 24.7. The van der Waals surface area contributed by atoms with Gasteiger partial charge in [-0.15, -0.1) is 0 Å². The molecule has 3 atom stereocenters. The van der Waals surface area contributed by atoms with Gasteiger partial charge >= 0.3 is 13.8 Å². The molecule has 1 amide bonds. The van der Waals surface area contributed by atoms with E-state index in [-0.39, 0.29) is 25.1 Å². The Hall–Kier alpha value is -1.25. The van der Waals surface area contributed by atoms with Crippen molar-refractivity contribution in [2.24, 2.45) is 0 Å². The molecular formula is C67H134N2O7P+. The molecule has 0 bridgehead atoms. The van der Waals surface area contributed by atoms with E-state index in [0.717, 1.165) is 57.8 Å². The van der Waals surface area contributed by atoms with Crippen LogP contribution in [0.2, 0.25) is 0 Å². The standard InChI is InChI=1S/C67H133N2O7P/c1-7-10-13-16-19-22-25-28-30-32-34-36-38-41-44-47-50-53-56-59-66(70)68-64(63-75-77(72,73)74-62-61-69(4,5)6)65(58-55-52-49-46-43-40-27-24-21-18-15-12-9-3)76-67(71)60-57-54-51-48-45-42-39-37-35-33-31-29-26-23-20-17-14-11-8-2/h55,58,64-65H,7-54,56-57,59-63H2,1-6H3,(H-,68,70,72,73)/p+1/b58-55+. The van der Waals surface area contributed by atoms with Gasteiger partial charge in [0.25, 0.3) is 0 Å². The Bertz CT molecular complexity index is 1320. The van der Waals surface area contributed by atoms with Gasteiger partial charge in [0, 0.05) is 12.8 Å². The Labute approximate surface area is 480 Å². The summed E-state index contributed by atoms with van der Waals surface area (Å²) in [7, 11) is 1.52. The summed E-state index contributed by atoms with van der Waals surface area (Å²) < 4.78 is 30.8. The first-order valence-electron chi connectivity index (χ1n) is 34.0. The maximum Gasteiger partial charge on any atom is 0.472 e. The lowest BCUT2D eigenvalue weighted by Crippen LogP contribution is -2.47. The minimum absolute atomic E-state index is 0.0461. The monoisotopic (exact) mass is 1110 g/mol. The van der Waals surface area contributed by atoms with Crippen LogP contribution in [-0.4, -0.2) is 74.3 Å². The number of nitrogens with one attached hydrogen (secondary N) is 1. The van der Waals surface area contributed by atoms with Gasteiger partial charge in [0.2, 0.25) is 5.91 Å². The average molecular weight is 1110 g/mol. The molecule has 3 unspecified atom stereocenters. The van der Waals surface area contributed by atoms with Crippen LogP contribution in [0.1, 0.15) is 355 Å². The van der Waals surface area contributed by atoms with Crippen LogP contribution in [0.4, 0.5) is 0 Å². The number of ether oxygens (including phenoxy) is 1. The fourth-order valence-corrected chi connectivity index (χ4v) is 11.2. The second kappa shape index (κ2) is 58.0. The van der Waals surface area contributed by atoms with Crippen molar-refractivity contribution in [3.63, 3.8) is 0 Å². The number of esters is 1. The number of hydrogen-bond acceptors (Lipinski definition) is 6. The molecule has 0 aliphatic heterocycles. The zero-order valence-corrected chi connectivity index (χ0v) is 53.4. The largest absolute Gasteiger partial charge is 0.472 e. The lowest BCUT2D eigenvalue weighted by atomic mass is 10.0. The molecule has 0 aromatic heterocycles.